The molecule has 2 aromatic carbocycles. The number of hydrogen-bond acceptors (Lipinski definition) is 4. The Bertz CT molecular complexity index is 806. The van der Waals surface area contributed by atoms with Gasteiger partial charge in [0.25, 0.3) is 0 Å². The van der Waals surface area contributed by atoms with Crippen molar-refractivity contribution in [2.75, 3.05) is 5.75 Å². The van der Waals surface area contributed by atoms with Crippen molar-refractivity contribution in [3.63, 3.8) is 0 Å². The second-order valence-corrected chi connectivity index (χ2v) is 5.81. The van der Waals surface area contributed by atoms with Crippen molar-refractivity contribution in [1.82, 2.24) is 14.8 Å². The lowest BCUT2D eigenvalue weighted by Crippen LogP contribution is -1.99. The molecule has 0 spiro atoms. The maximum atomic E-state index is 8.80. The summed E-state index contributed by atoms with van der Waals surface area (Å²) in [6, 6.07) is 19.4. The standard InChI is InChI=1S/C16H11ClN4S/c17-13-8-6-12(7-9-13)15-19-20-16(22-11-10-18)21(15)14-4-2-1-3-5-14/h1-9H,11H2. The first-order chi connectivity index (χ1) is 10.8. The molecule has 6 heteroatoms. The molecule has 3 rings (SSSR count). The Labute approximate surface area is 137 Å². The highest BCUT2D eigenvalue weighted by molar-refractivity contribution is 7.99. The molecule has 0 N–H and O–H groups in total. The van der Waals surface area contributed by atoms with E-state index in [1.165, 1.54) is 11.8 Å². The number of rotatable bonds is 4. The van der Waals surface area contributed by atoms with E-state index >= 15 is 0 Å². The summed E-state index contributed by atoms with van der Waals surface area (Å²) in [6.07, 6.45) is 0. The summed E-state index contributed by atoms with van der Waals surface area (Å²) >= 11 is 7.31. The summed E-state index contributed by atoms with van der Waals surface area (Å²) in [5, 5.41) is 18.7. The topological polar surface area (TPSA) is 54.5 Å². The molecule has 0 saturated heterocycles. The fourth-order valence-electron chi connectivity index (χ4n) is 2.06. The number of nitriles is 1. The van der Waals surface area contributed by atoms with Crippen molar-refractivity contribution in [2.24, 2.45) is 0 Å². The molecule has 0 fully saturated rings. The lowest BCUT2D eigenvalue weighted by molar-refractivity contribution is 0.888. The molecule has 3 aromatic rings. The van der Waals surface area contributed by atoms with Gasteiger partial charge in [0, 0.05) is 16.3 Å². The van der Waals surface area contributed by atoms with Gasteiger partial charge in [-0.3, -0.25) is 4.57 Å². The van der Waals surface area contributed by atoms with E-state index in [2.05, 4.69) is 16.3 Å². The van der Waals surface area contributed by atoms with E-state index in [-0.39, 0.29) is 0 Å². The summed E-state index contributed by atoms with van der Waals surface area (Å²) in [7, 11) is 0. The average molecular weight is 327 g/mol. The Morgan fingerprint density at radius 2 is 1.77 bits per heavy atom. The van der Waals surface area contributed by atoms with Crippen molar-refractivity contribution in [3.8, 4) is 23.1 Å². The van der Waals surface area contributed by atoms with Crippen molar-refractivity contribution in [2.45, 2.75) is 5.16 Å². The molecule has 0 unspecified atom stereocenters. The number of nitrogens with zero attached hydrogens (tertiary/aromatic N) is 4. The summed E-state index contributed by atoms with van der Waals surface area (Å²) in [5.74, 6) is 1.05. The summed E-state index contributed by atoms with van der Waals surface area (Å²) in [5.41, 5.74) is 1.88. The zero-order valence-electron chi connectivity index (χ0n) is 11.5. The highest BCUT2D eigenvalue weighted by atomic mass is 35.5. The van der Waals surface area contributed by atoms with Gasteiger partial charge in [-0.2, -0.15) is 5.26 Å². The van der Waals surface area contributed by atoms with Crippen molar-refractivity contribution < 1.29 is 0 Å². The zero-order valence-corrected chi connectivity index (χ0v) is 13.1. The lowest BCUT2D eigenvalue weighted by atomic mass is 10.2. The average Bonchev–Trinajstić information content (AvgIpc) is 2.98. The molecule has 0 saturated carbocycles. The number of halogens is 1. The van der Waals surface area contributed by atoms with E-state index in [4.69, 9.17) is 16.9 Å². The minimum Gasteiger partial charge on any atom is -0.270 e. The van der Waals surface area contributed by atoms with E-state index in [1.54, 1.807) is 0 Å². The van der Waals surface area contributed by atoms with E-state index in [1.807, 2.05) is 59.2 Å². The third-order valence-electron chi connectivity index (χ3n) is 3.02. The monoisotopic (exact) mass is 326 g/mol. The maximum Gasteiger partial charge on any atom is 0.197 e. The molecular formula is C16H11ClN4S. The van der Waals surface area contributed by atoms with Crippen LogP contribution in [0.1, 0.15) is 0 Å². The Morgan fingerprint density at radius 3 is 2.45 bits per heavy atom. The molecule has 108 valence electrons. The van der Waals surface area contributed by atoms with Crippen LogP contribution in [0, 0.1) is 11.3 Å². The molecule has 1 aromatic heterocycles. The first-order valence-corrected chi connectivity index (χ1v) is 7.92. The van der Waals surface area contributed by atoms with Crippen molar-refractivity contribution in [1.29, 1.82) is 5.26 Å². The van der Waals surface area contributed by atoms with E-state index in [0.717, 1.165) is 17.1 Å². The number of aromatic nitrogens is 3. The lowest BCUT2D eigenvalue weighted by Gasteiger charge is -2.09. The van der Waals surface area contributed by atoms with Crippen LogP contribution in [-0.4, -0.2) is 20.5 Å². The van der Waals surface area contributed by atoms with Gasteiger partial charge in [0.15, 0.2) is 11.0 Å². The minimum atomic E-state index is 0.325. The molecule has 1 heterocycles. The van der Waals surface area contributed by atoms with E-state index < -0.39 is 0 Å². The normalized spacial score (nSPS) is 10.4. The predicted molar refractivity (Wildman–Crippen MR) is 88.1 cm³/mol. The van der Waals surface area contributed by atoms with E-state index in [0.29, 0.717) is 15.9 Å². The highest BCUT2D eigenvalue weighted by Crippen LogP contribution is 2.28. The Balaban J connectivity index is 2.12. The zero-order chi connectivity index (χ0) is 15.4. The highest BCUT2D eigenvalue weighted by Gasteiger charge is 2.15. The molecule has 0 aliphatic heterocycles. The fourth-order valence-corrected chi connectivity index (χ4v) is 2.80. The molecule has 0 aliphatic carbocycles. The molecule has 0 aliphatic rings. The second-order valence-electron chi connectivity index (χ2n) is 4.43. The Kier molecular flexibility index (Phi) is 4.42. The summed E-state index contributed by atoms with van der Waals surface area (Å²) < 4.78 is 1.95. The third kappa shape index (κ3) is 2.98. The SMILES string of the molecule is N#CCSc1nnc(-c2ccc(Cl)cc2)n1-c1ccccc1. The first kappa shape index (κ1) is 14.6. The van der Waals surface area contributed by atoms with Crippen LogP contribution >= 0.6 is 23.4 Å². The molecule has 0 amide bonds. The Morgan fingerprint density at radius 1 is 1.05 bits per heavy atom. The minimum absolute atomic E-state index is 0.325. The van der Waals surface area contributed by atoms with Gasteiger partial charge in [-0.15, -0.1) is 10.2 Å². The van der Waals surface area contributed by atoms with Crippen LogP contribution in [0.3, 0.4) is 0 Å². The second kappa shape index (κ2) is 6.65. The van der Waals surface area contributed by atoms with Gasteiger partial charge in [0.05, 0.1) is 11.8 Å². The summed E-state index contributed by atoms with van der Waals surface area (Å²) in [6.45, 7) is 0. The van der Waals surface area contributed by atoms with Crippen LogP contribution in [0.2, 0.25) is 5.02 Å². The molecule has 22 heavy (non-hydrogen) atoms. The molecule has 0 bridgehead atoms. The van der Waals surface area contributed by atoms with Crippen LogP contribution < -0.4 is 0 Å². The molecule has 0 radical (unpaired) electrons. The van der Waals surface area contributed by atoms with Crippen LogP contribution in [-0.2, 0) is 0 Å². The maximum absolute atomic E-state index is 8.80. The smallest absolute Gasteiger partial charge is 0.197 e. The quantitative estimate of drug-likeness (QED) is 0.674. The van der Waals surface area contributed by atoms with Gasteiger partial charge in [-0.05, 0) is 36.4 Å². The number of hydrogen-bond donors (Lipinski definition) is 0. The fraction of sp³-hybridized carbons (Fsp3) is 0.0625. The van der Waals surface area contributed by atoms with Gasteiger partial charge in [0.1, 0.15) is 0 Å². The van der Waals surface area contributed by atoms with Gasteiger partial charge in [0.2, 0.25) is 0 Å². The van der Waals surface area contributed by atoms with Crippen molar-refractivity contribution >= 4 is 23.4 Å². The van der Waals surface area contributed by atoms with Crippen LogP contribution in [0.5, 0.6) is 0 Å². The number of para-hydroxylation sites is 1. The molecule has 4 nitrogen and oxygen atoms in total. The number of thioether (sulfide) groups is 1. The number of benzene rings is 2. The molecule has 0 atom stereocenters. The largest absolute Gasteiger partial charge is 0.270 e. The van der Waals surface area contributed by atoms with Gasteiger partial charge in [-0.1, -0.05) is 41.6 Å². The van der Waals surface area contributed by atoms with Gasteiger partial charge >= 0.3 is 0 Å². The third-order valence-corrected chi connectivity index (χ3v) is 4.06. The van der Waals surface area contributed by atoms with Crippen LogP contribution in [0.25, 0.3) is 17.1 Å². The Hall–Kier alpha value is -2.29. The van der Waals surface area contributed by atoms with Crippen LogP contribution in [0.4, 0.5) is 0 Å². The predicted octanol–water partition coefficient (Wildman–Crippen LogP) is 4.20. The molecular weight excluding hydrogens is 316 g/mol. The van der Waals surface area contributed by atoms with E-state index in [9.17, 15) is 0 Å². The van der Waals surface area contributed by atoms with Gasteiger partial charge in [-0.25, -0.2) is 0 Å². The van der Waals surface area contributed by atoms with Gasteiger partial charge < -0.3 is 0 Å². The van der Waals surface area contributed by atoms with Crippen molar-refractivity contribution in [3.05, 3.63) is 59.6 Å². The summed E-state index contributed by atoms with van der Waals surface area (Å²) in [4.78, 5) is 0. The van der Waals surface area contributed by atoms with Crippen LogP contribution in [0.15, 0.2) is 59.8 Å². The first-order valence-electron chi connectivity index (χ1n) is 6.56.